The van der Waals surface area contributed by atoms with Crippen molar-refractivity contribution in [3.8, 4) is 0 Å². The summed E-state index contributed by atoms with van der Waals surface area (Å²) >= 11 is 2.10. The van der Waals surface area contributed by atoms with Crippen LogP contribution in [0.25, 0.3) is 0 Å². The third kappa shape index (κ3) is 2.14. The van der Waals surface area contributed by atoms with Gasteiger partial charge in [-0.2, -0.15) is 11.8 Å². The van der Waals surface area contributed by atoms with Crippen molar-refractivity contribution in [3.05, 3.63) is 0 Å². The Balaban J connectivity index is 2.03. The summed E-state index contributed by atoms with van der Waals surface area (Å²) in [5.41, 5.74) is 6.42. The predicted octanol–water partition coefficient (Wildman–Crippen LogP) is 2.33. The van der Waals surface area contributed by atoms with Crippen molar-refractivity contribution in [2.75, 3.05) is 25.4 Å². The molecule has 1 saturated heterocycles. The van der Waals surface area contributed by atoms with E-state index in [4.69, 9.17) is 5.73 Å². The smallest absolute Gasteiger partial charge is 0.0455 e. The van der Waals surface area contributed by atoms with Gasteiger partial charge < -0.3 is 5.73 Å². The van der Waals surface area contributed by atoms with Crippen molar-refractivity contribution in [3.63, 3.8) is 0 Å². The van der Waals surface area contributed by atoms with Crippen molar-refractivity contribution in [1.82, 2.24) is 4.90 Å². The van der Waals surface area contributed by atoms with Crippen LogP contribution in [0, 0.1) is 5.92 Å². The number of hydrogen-bond acceptors (Lipinski definition) is 3. The van der Waals surface area contributed by atoms with Crippen LogP contribution in [0.5, 0.6) is 0 Å². The topological polar surface area (TPSA) is 29.3 Å². The summed E-state index contributed by atoms with van der Waals surface area (Å²) in [5.74, 6) is 2.25. The SMILES string of the molecule is CCN(CC1CCC1)C1(CN)CCSC1C. The highest BCUT2D eigenvalue weighted by Crippen LogP contribution is 2.41. The first-order valence-corrected chi connectivity index (χ1v) is 7.84. The molecule has 0 aromatic rings. The molecule has 2 nitrogen and oxygen atoms in total. The zero-order valence-corrected chi connectivity index (χ0v) is 11.6. The van der Waals surface area contributed by atoms with Crippen LogP contribution in [0.4, 0.5) is 0 Å². The van der Waals surface area contributed by atoms with Crippen LogP contribution >= 0.6 is 11.8 Å². The Morgan fingerprint density at radius 3 is 2.56 bits per heavy atom. The van der Waals surface area contributed by atoms with Crippen molar-refractivity contribution in [2.45, 2.75) is 50.3 Å². The normalized spacial score (nSPS) is 35.6. The highest BCUT2D eigenvalue weighted by Gasteiger charge is 2.44. The summed E-state index contributed by atoms with van der Waals surface area (Å²) in [4.78, 5) is 2.70. The van der Waals surface area contributed by atoms with Gasteiger partial charge in [-0.3, -0.25) is 4.90 Å². The van der Waals surface area contributed by atoms with Gasteiger partial charge in [-0.25, -0.2) is 0 Å². The van der Waals surface area contributed by atoms with Crippen molar-refractivity contribution in [1.29, 1.82) is 0 Å². The second-order valence-electron chi connectivity index (χ2n) is 5.41. The van der Waals surface area contributed by atoms with Gasteiger partial charge in [-0.15, -0.1) is 0 Å². The van der Waals surface area contributed by atoms with E-state index in [9.17, 15) is 0 Å². The molecule has 2 rings (SSSR count). The predicted molar refractivity (Wildman–Crippen MR) is 72.9 cm³/mol. The number of hydrogen-bond donors (Lipinski definition) is 1. The Bertz CT molecular complexity index is 230. The molecule has 2 unspecified atom stereocenters. The van der Waals surface area contributed by atoms with Crippen LogP contribution in [-0.4, -0.2) is 41.1 Å². The number of nitrogens with zero attached hydrogens (tertiary/aromatic N) is 1. The third-order valence-electron chi connectivity index (χ3n) is 4.73. The standard InChI is InChI=1S/C13H26N2S/c1-3-15(9-12-5-4-6-12)13(10-14)7-8-16-11(13)2/h11-12H,3-10,14H2,1-2H3. The van der Waals surface area contributed by atoms with Gasteiger partial charge in [-0.1, -0.05) is 20.3 Å². The van der Waals surface area contributed by atoms with Gasteiger partial charge in [0.15, 0.2) is 0 Å². The summed E-state index contributed by atoms with van der Waals surface area (Å²) in [6.07, 6.45) is 5.62. The summed E-state index contributed by atoms with van der Waals surface area (Å²) in [5, 5.41) is 0.706. The van der Waals surface area contributed by atoms with Gasteiger partial charge >= 0.3 is 0 Å². The van der Waals surface area contributed by atoms with Gasteiger partial charge in [0.05, 0.1) is 0 Å². The minimum Gasteiger partial charge on any atom is -0.329 e. The second kappa shape index (κ2) is 5.28. The molecule has 2 fully saturated rings. The molecule has 2 aliphatic rings. The third-order valence-corrected chi connectivity index (χ3v) is 6.11. The van der Waals surface area contributed by atoms with Crippen molar-refractivity contribution >= 4 is 11.8 Å². The molecule has 0 aromatic heterocycles. The minimum absolute atomic E-state index is 0.301. The Hall–Kier alpha value is 0.270. The Morgan fingerprint density at radius 1 is 1.44 bits per heavy atom. The first-order valence-electron chi connectivity index (χ1n) is 6.79. The van der Waals surface area contributed by atoms with E-state index in [1.807, 2.05) is 0 Å². The van der Waals surface area contributed by atoms with Crippen LogP contribution in [-0.2, 0) is 0 Å². The van der Waals surface area contributed by atoms with Crippen LogP contribution in [0.2, 0.25) is 0 Å². The van der Waals surface area contributed by atoms with Gasteiger partial charge in [0.1, 0.15) is 0 Å². The number of rotatable bonds is 5. The highest BCUT2D eigenvalue weighted by molar-refractivity contribution is 8.00. The molecule has 2 N–H and O–H groups in total. The molecule has 0 amide bonds. The first kappa shape index (κ1) is 12.7. The van der Waals surface area contributed by atoms with Crippen LogP contribution in [0.1, 0.15) is 39.5 Å². The second-order valence-corrected chi connectivity index (χ2v) is 6.85. The molecule has 1 saturated carbocycles. The molecule has 0 bridgehead atoms. The summed E-state index contributed by atoms with van der Waals surface area (Å²) in [6.45, 7) is 7.96. The quantitative estimate of drug-likeness (QED) is 0.802. The maximum atomic E-state index is 6.12. The first-order chi connectivity index (χ1) is 7.73. The summed E-state index contributed by atoms with van der Waals surface area (Å²) in [7, 11) is 0. The van der Waals surface area contributed by atoms with Gasteiger partial charge in [0.2, 0.25) is 0 Å². The molecule has 16 heavy (non-hydrogen) atoms. The molecule has 1 aliphatic carbocycles. The van der Waals surface area contributed by atoms with Gasteiger partial charge in [0, 0.05) is 23.9 Å². The van der Waals surface area contributed by atoms with E-state index in [2.05, 4.69) is 30.5 Å². The van der Waals surface area contributed by atoms with Gasteiger partial charge in [-0.05, 0) is 37.5 Å². The molecule has 1 heterocycles. The largest absolute Gasteiger partial charge is 0.329 e. The fourth-order valence-electron chi connectivity index (χ4n) is 3.20. The molecule has 2 atom stereocenters. The van der Waals surface area contributed by atoms with Crippen LogP contribution in [0.3, 0.4) is 0 Å². The van der Waals surface area contributed by atoms with E-state index >= 15 is 0 Å². The van der Waals surface area contributed by atoms with Crippen LogP contribution in [0.15, 0.2) is 0 Å². The lowest BCUT2D eigenvalue weighted by Crippen LogP contribution is -2.58. The lowest BCUT2D eigenvalue weighted by molar-refractivity contribution is 0.0662. The number of thioether (sulfide) groups is 1. The molecule has 0 radical (unpaired) electrons. The number of nitrogens with two attached hydrogens (primary N) is 1. The maximum Gasteiger partial charge on any atom is 0.0455 e. The molecule has 94 valence electrons. The van der Waals surface area contributed by atoms with E-state index in [0.717, 1.165) is 12.5 Å². The van der Waals surface area contributed by atoms with E-state index in [1.54, 1.807) is 0 Å². The molecular formula is C13H26N2S. The van der Waals surface area contributed by atoms with Crippen molar-refractivity contribution in [2.24, 2.45) is 11.7 Å². The minimum atomic E-state index is 0.301. The lowest BCUT2D eigenvalue weighted by Gasteiger charge is -2.45. The molecule has 0 spiro atoms. The van der Waals surface area contributed by atoms with Crippen molar-refractivity contribution < 1.29 is 0 Å². The maximum absolute atomic E-state index is 6.12. The lowest BCUT2D eigenvalue weighted by atomic mass is 9.82. The monoisotopic (exact) mass is 242 g/mol. The van der Waals surface area contributed by atoms with Crippen LogP contribution < -0.4 is 5.73 Å². The average molecular weight is 242 g/mol. The highest BCUT2D eigenvalue weighted by atomic mass is 32.2. The summed E-state index contributed by atoms with van der Waals surface area (Å²) < 4.78 is 0. The Labute approximate surface area is 104 Å². The zero-order chi connectivity index (χ0) is 11.6. The molecule has 0 aromatic carbocycles. The molecule has 3 heteroatoms. The number of likely N-dealkylation sites (N-methyl/N-ethyl adjacent to an activating group) is 1. The van der Waals surface area contributed by atoms with E-state index in [0.29, 0.717) is 10.8 Å². The fourth-order valence-corrected chi connectivity index (χ4v) is 4.69. The van der Waals surface area contributed by atoms with E-state index in [-0.39, 0.29) is 0 Å². The zero-order valence-electron chi connectivity index (χ0n) is 10.7. The Kier molecular flexibility index (Phi) is 4.20. The molecule has 1 aliphatic heterocycles. The molecular weight excluding hydrogens is 216 g/mol. The van der Waals surface area contributed by atoms with Gasteiger partial charge in [0.25, 0.3) is 0 Å². The summed E-state index contributed by atoms with van der Waals surface area (Å²) in [6, 6.07) is 0. The van der Waals surface area contributed by atoms with E-state index < -0.39 is 0 Å². The Morgan fingerprint density at radius 2 is 2.19 bits per heavy atom. The average Bonchev–Trinajstić information content (AvgIpc) is 2.60. The van der Waals surface area contributed by atoms with E-state index in [1.165, 1.54) is 44.5 Å². The fraction of sp³-hybridized carbons (Fsp3) is 1.00.